The van der Waals surface area contributed by atoms with E-state index in [4.69, 9.17) is 5.11 Å². The number of rotatable bonds is 5. The molecule has 2 heterocycles. The smallest absolute Gasteiger partial charge is 0.264 e. The van der Waals surface area contributed by atoms with Crippen molar-refractivity contribution in [2.24, 2.45) is 21.0 Å². The van der Waals surface area contributed by atoms with Gasteiger partial charge in [-0.1, -0.05) is 23.9 Å². The summed E-state index contributed by atoms with van der Waals surface area (Å²) < 4.78 is 0. The molecule has 2 amide bonds. The first kappa shape index (κ1) is 18.3. The molecule has 1 aromatic rings. The number of nitrogens with zero attached hydrogens (tertiary/aromatic N) is 4. The summed E-state index contributed by atoms with van der Waals surface area (Å²) in [5, 5.41) is 17.7. The van der Waals surface area contributed by atoms with E-state index in [0.717, 1.165) is 28.6 Å². The van der Waals surface area contributed by atoms with Gasteiger partial charge in [0.15, 0.2) is 5.17 Å². The maximum atomic E-state index is 12.2. The van der Waals surface area contributed by atoms with Crippen molar-refractivity contribution in [1.29, 1.82) is 0 Å². The van der Waals surface area contributed by atoms with Gasteiger partial charge in [-0.25, -0.2) is 10.0 Å². The van der Waals surface area contributed by atoms with Crippen LogP contribution in [0.15, 0.2) is 33.3 Å². The van der Waals surface area contributed by atoms with Gasteiger partial charge in [-0.3, -0.25) is 9.59 Å². The molecule has 0 aromatic heterocycles. The molecular formula is C17H19N5O3S. The van der Waals surface area contributed by atoms with Gasteiger partial charge in [-0.05, 0) is 31.0 Å². The third-order valence-electron chi connectivity index (χ3n) is 4.10. The fourth-order valence-corrected chi connectivity index (χ4v) is 3.20. The predicted molar refractivity (Wildman–Crippen MR) is 103 cm³/mol. The summed E-state index contributed by atoms with van der Waals surface area (Å²) in [6, 6.07) is 5.72. The minimum atomic E-state index is -0.602. The lowest BCUT2D eigenvalue weighted by atomic mass is 10.1. The molecule has 8 nitrogen and oxygen atoms in total. The van der Waals surface area contributed by atoms with Gasteiger partial charge in [0.05, 0.1) is 18.9 Å². The van der Waals surface area contributed by atoms with Gasteiger partial charge in [0.1, 0.15) is 11.8 Å². The Bertz CT molecular complexity index is 834. The second kappa shape index (κ2) is 7.79. The molecule has 136 valence electrons. The third kappa shape index (κ3) is 3.83. The molecule has 2 aliphatic heterocycles. The van der Waals surface area contributed by atoms with Crippen LogP contribution >= 0.6 is 11.8 Å². The molecule has 0 saturated carbocycles. The molecule has 9 heteroatoms. The van der Waals surface area contributed by atoms with Crippen LogP contribution < -0.4 is 5.32 Å². The Labute approximate surface area is 155 Å². The third-order valence-corrected chi connectivity index (χ3v) is 4.95. The largest absolute Gasteiger partial charge is 0.394 e. The van der Waals surface area contributed by atoms with Gasteiger partial charge in [0, 0.05) is 11.9 Å². The fourth-order valence-electron chi connectivity index (χ4n) is 2.56. The number of aliphatic hydroxyl groups excluding tert-OH is 1. The van der Waals surface area contributed by atoms with E-state index in [1.807, 2.05) is 32.0 Å². The van der Waals surface area contributed by atoms with Crippen LogP contribution in [0.5, 0.6) is 0 Å². The summed E-state index contributed by atoms with van der Waals surface area (Å²) in [5.74, 6) is -0.638. The SMILES string of the molecule is Cc1cccc(NC(=O)CSC2=NC(=O)C3C=NN(CCO)C3=N2)c1C. The topological polar surface area (TPSA) is 107 Å². The normalized spacial score (nSPS) is 18.5. The lowest BCUT2D eigenvalue weighted by molar-refractivity contribution is -0.118. The van der Waals surface area contributed by atoms with Gasteiger partial charge >= 0.3 is 0 Å². The summed E-state index contributed by atoms with van der Waals surface area (Å²) in [6.07, 6.45) is 1.47. The molecule has 1 atom stereocenters. The van der Waals surface area contributed by atoms with Crippen molar-refractivity contribution in [2.45, 2.75) is 13.8 Å². The van der Waals surface area contributed by atoms with Gasteiger partial charge in [-0.15, -0.1) is 0 Å². The summed E-state index contributed by atoms with van der Waals surface area (Å²) in [7, 11) is 0. The van der Waals surface area contributed by atoms with E-state index in [2.05, 4.69) is 20.4 Å². The number of carbonyl (C=O) groups excluding carboxylic acids is 2. The van der Waals surface area contributed by atoms with Crippen LogP contribution in [0.25, 0.3) is 0 Å². The van der Waals surface area contributed by atoms with Crippen molar-refractivity contribution >= 4 is 46.5 Å². The van der Waals surface area contributed by atoms with Crippen molar-refractivity contribution in [3.8, 4) is 0 Å². The number of aliphatic imine (C=N–C) groups is 2. The molecule has 1 unspecified atom stereocenters. The van der Waals surface area contributed by atoms with Crippen LogP contribution in [0.3, 0.4) is 0 Å². The Morgan fingerprint density at radius 2 is 2.15 bits per heavy atom. The lowest BCUT2D eigenvalue weighted by Crippen LogP contribution is -2.35. The van der Waals surface area contributed by atoms with Gasteiger partial charge in [0.25, 0.3) is 5.91 Å². The average molecular weight is 373 g/mol. The predicted octanol–water partition coefficient (Wildman–Crippen LogP) is 1.18. The Kier molecular flexibility index (Phi) is 5.48. The Balaban J connectivity index is 1.62. The summed E-state index contributed by atoms with van der Waals surface area (Å²) in [5.41, 5.74) is 2.88. The summed E-state index contributed by atoms with van der Waals surface area (Å²) in [4.78, 5) is 32.5. The van der Waals surface area contributed by atoms with Crippen LogP contribution in [-0.2, 0) is 9.59 Å². The molecule has 3 rings (SSSR count). The van der Waals surface area contributed by atoms with Crippen molar-refractivity contribution in [3.63, 3.8) is 0 Å². The summed E-state index contributed by atoms with van der Waals surface area (Å²) >= 11 is 1.09. The van der Waals surface area contributed by atoms with Crippen molar-refractivity contribution < 1.29 is 14.7 Å². The highest BCUT2D eigenvalue weighted by Crippen LogP contribution is 2.22. The van der Waals surface area contributed by atoms with Crippen LogP contribution in [0, 0.1) is 19.8 Å². The highest BCUT2D eigenvalue weighted by atomic mass is 32.2. The number of β-amino-alcohol motifs (C(OH)–C–C–N with tert-alkyl or cyclic N) is 1. The Morgan fingerprint density at radius 1 is 1.35 bits per heavy atom. The van der Waals surface area contributed by atoms with E-state index in [9.17, 15) is 9.59 Å². The molecule has 0 bridgehead atoms. The number of carbonyl (C=O) groups is 2. The molecule has 0 aliphatic carbocycles. The minimum absolute atomic E-state index is 0.0851. The molecule has 2 aliphatic rings. The number of aliphatic hydroxyl groups is 1. The number of amidine groups is 2. The van der Waals surface area contributed by atoms with E-state index >= 15 is 0 Å². The molecule has 0 saturated heterocycles. The minimum Gasteiger partial charge on any atom is -0.394 e. The number of thioether (sulfide) groups is 1. The average Bonchev–Trinajstić information content (AvgIpc) is 3.01. The van der Waals surface area contributed by atoms with E-state index < -0.39 is 5.92 Å². The molecule has 0 radical (unpaired) electrons. The van der Waals surface area contributed by atoms with Crippen molar-refractivity contribution in [3.05, 3.63) is 29.3 Å². The van der Waals surface area contributed by atoms with Gasteiger partial charge < -0.3 is 10.4 Å². The molecular weight excluding hydrogens is 354 g/mol. The number of hydrogen-bond donors (Lipinski definition) is 2. The molecule has 26 heavy (non-hydrogen) atoms. The second-order valence-electron chi connectivity index (χ2n) is 5.88. The van der Waals surface area contributed by atoms with Gasteiger partial charge in [-0.2, -0.15) is 10.1 Å². The number of anilines is 1. The van der Waals surface area contributed by atoms with Crippen LogP contribution in [0.4, 0.5) is 5.69 Å². The Morgan fingerprint density at radius 3 is 2.92 bits per heavy atom. The second-order valence-corrected chi connectivity index (χ2v) is 6.82. The monoisotopic (exact) mass is 373 g/mol. The zero-order valence-corrected chi connectivity index (χ0v) is 15.3. The number of aryl methyl sites for hydroxylation is 1. The number of benzene rings is 1. The number of nitrogens with one attached hydrogen (secondary N) is 1. The number of hydrogen-bond acceptors (Lipinski definition) is 7. The maximum Gasteiger partial charge on any atom is 0.264 e. The number of amides is 2. The molecule has 0 spiro atoms. The van der Waals surface area contributed by atoms with Gasteiger partial charge in [0.2, 0.25) is 5.91 Å². The van der Waals surface area contributed by atoms with Crippen molar-refractivity contribution in [1.82, 2.24) is 5.01 Å². The highest BCUT2D eigenvalue weighted by molar-refractivity contribution is 8.14. The first-order valence-corrected chi connectivity index (χ1v) is 9.10. The quantitative estimate of drug-likeness (QED) is 0.806. The number of hydrazone groups is 1. The standard InChI is InChI=1S/C17H19N5O3S/c1-10-4-3-5-13(11(10)2)19-14(24)9-26-17-20-15-12(16(25)21-17)8-18-22(15)6-7-23/h3-5,8,12,23H,6-7,9H2,1-2H3,(H,19,24). The highest BCUT2D eigenvalue weighted by Gasteiger charge is 2.35. The molecule has 2 N–H and O–H groups in total. The Hall–Kier alpha value is -2.52. The first-order valence-electron chi connectivity index (χ1n) is 8.12. The summed E-state index contributed by atoms with van der Waals surface area (Å²) in [6.45, 7) is 4.08. The molecule has 1 aromatic carbocycles. The van der Waals surface area contributed by atoms with E-state index in [0.29, 0.717) is 5.84 Å². The van der Waals surface area contributed by atoms with Crippen molar-refractivity contribution in [2.75, 3.05) is 24.2 Å². The maximum absolute atomic E-state index is 12.2. The zero-order chi connectivity index (χ0) is 18.7. The van der Waals surface area contributed by atoms with E-state index in [1.165, 1.54) is 11.2 Å². The number of fused-ring (bicyclic) bond motifs is 1. The lowest BCUT2D eigenvalue weighted by Gasteiger charge is -2.19. The van der Waals surface area contributed by atoms with E-state index in [-0.39, 0.29) is 35.9 Å². The van der Waals surface area contributed by atoms with E-state index in [1.54, 1.807) is 0 Å². The molecule has 0 fully saturated rings. The van der Waals surface area contributed by atoms with Crippen LogP contribution in [0.2, 0.25) is 0 Å². The zero-order valence-electron chi connectivity index (χ0n) is 14.5. The first-order chi connectivity index (χ1) is 12.5. The van der Waals surface area contributed by atoms with Crippen LogP contribution in [-0.4, -0.2) is 58.1 Å². The fraction of sp³-hybridized carbons (Fsp3) is 0.353. The van der Waals surface area contributed by atoms with Crippen LogP contribution in [0.1, 0.15) is 11.1 Å².